The molecule has 140 valence electrons. The summed E-state index contributed by atoms with van der Waals surface area (Å²) in [5.41, 5.74) is 1.46. The minimum atomic E-state index is 0. The zero-order valence-corrected chi connectivity index (χ0v) is 16.2. The molecule has 1 heterocycles. The van der Waals surface area contributed by atoms with Gasteiger partial charge in [0.25, 0.3) is 0 Å². The Morgan fingerprint density at radius 1 is 1.16 bits per heavy atom. The van der Waals surface area contributed by atoms with Gasteiger partial charge >= 0.3 is 0 Å². The Balaban J connectivity index is 0.00000225. The number of carbonyl (C=O) groups excluding carboxylic acids is 1. The van der Waals surface area contributed by atoms with Gasteiger partial charge in [-0.2, -0.15) is 0 Å². The van der Waals surface area contributed by atoms with E-state index in [1.807, 2.05) is 0 Å². The highest BCUT2D eigenvalue weighted by Gasteiger charge is 2.26. The Morgan fingerprint density at radius 3 is 2.52 bits per heavy atom. The highest BCUT2D eigenvalue weighted by Crippen LogP contribution is 2.32. The van der Waals surface area contributed by atoms with Crippen LogP contribution in [0.25, 0.3) is 0 Å². The van der Waals surface area contributed by atoms with Crippen LogP contribution in [0.3, 0.4) is 0 Å². The number of halogens is 1. The second-order valence-corrected chi connectivity index (χ2v) is 7.81. The molecule has 2 fully saturated rings. The van der Waals surface area contributed by atoms with Crippen LogP contribution >= 0.6 is 12.4 Å². The first-order valence-electron chi connectivity index (χ1n) is 9.77. The Kier molecular flexibility index (Phi) is 8.25. The maximum atomic E-state index is 12.4. The van der Waals surface area contributed by atoms with Gasteiger partial charge < -0.3 is 10.6 Å². The van der Waals surface area contributed by atoms with Crippen molar-refractivity contribution in [3.05, 3.63) is 35.9 Å². The minimum absolute atomic E-state index is 0. The third kappa shape index (κ3) is 6.00. The first-order valence-corrected chi connectivity index (χ1v) is 9.77. The third-order valence-corrected chi connectivity index (χ3v) is 6.01. The van der Waals surface area contributed by atoms with Gasteiger partial charge in [0.2, 0.25) is 5.91 Å². The average molecular weight is 365 g/mol. The lowest BCUT2D eigenvalue weighted by Gasteiger charge is -2.31. The standard InChI is InChI=1S/C21H32N2O.ClH/c1-16(19-8-5-13-22-15-19)14-21(24)23-20-11-9-18(10-12-20)17-6-3-2-4-7-17;/h2-4,6-7,16,18-20,22H,5,8-15H2,1H3,(H,23,24);1H. The molecule has 2 unspecified atom stereocenters. The predicted molar refractivity (Wildman–Crippen MR) is 106 cm³/mol. The van der Waals surface area contributed by atoms with Gasteiger partial charge in [0, 0.05) is 12.5 Å². The van der Waals surface area contributed by atoms with Crippen molar-refractivity contribution in [2.24, 2.45) is 11.8 Å². The molecule has 3 rings (SSSR count). The SMILES string of the molecule is CC(CC(=O)NC1CCC(c2ccccc2)CC1)C1CCCNC1.Cl. The molecule has 0 bridgehead atoms. The molecule has 0 radical (unpaired) electrons. The van der Waals surface area contributed by atoms with Crippen molar-refractivity contribution >= 4 is 18.3 Å². The molecule has 0 spiro atoms. The summed E-state index contributed by atoms with van der Waals surface area (Å²) in [4.78, 5) is 12.4. The van der Waals surface area contributed by atoms with Crippen LogP contribution in [0.2, 0.25) is 0 Å². The Morgan fingerprint density at radius 2 is 1.88 bits per heavy atom. The number of rotatable bonds is 5. The van der Waals surface area contributed by atoms with Gasteiger partial charge in [0.1, 0.15) is 0 Å². The van der Waals surface area contributed by atoms with E-state index in [2.05, 4.69) is 47.9 Å². The minimum Gasteiger partial charge on any atom is -0.353 e. The van der Waals surface area contributed by atoms with Crippen molar-refractivity contribution < 1.29 is 4.79 Å². The smallest absolute Gasteiger partial charge is 0.220 e. The van der Waals surface area contributed by atoms with Crippen LogP contribution in [0.1, 0.15) is 63.4 Å². The summed E-state index contributed by atoms with van der Waals surface area (Å²) in [6.07, 6.45) is 7.82. The van der Waals surface area contributed by atoms with E-state index < -0.39 is 0 Å². The van der Waals surface area contributed by atoms with Gasteiger partial charge in [-0.05, 0) is 74.9 Å². The van der Waals surface area contributed by atoms with E-state index in [1.165, 1.54) is 31.2 Å². The van der Waals surface area contributed by atoms with Gasteiger partial charge in [-0.25, -0.2) is 0 Å². The van der Waals surface area contributed by atoms with Crippen LogP contribution < -0.4 is 10.6 Å². The number of hydrogen-bond acceptors (Lipinski definition) is 2. The van der Waals surface area contributed by atoms with Crippen molar-refractivity contribution in [3.63, 3.8) is 0 Å². The summed E-state index contributed by atoms with van der Waals surface area (Å²) in [5.74, 6) is 2.08. The number of benzene rings is 1. The molecule has 2 N–H and O–H groups in total. The number of amides is 1. The van der Waals surface area contributed by atoms with Crippen LogP contribution in [-0.4, -0.2) is 25.0 Å². The lowest BCUT2D eigenvalue weighted by atomic mass is 9.81. The van der Waals surface area contributed by atoms with Gasteiger partial charge in [0.15, 0.2) is 0 Å². The van der Waals surface area contributed by atoms with Crippen molar-refractivity contribution in [2.75, 3.05) is 13.1 Å². The molecule has 25 heavy (non-hydrogen) atoms. The fraction of sp³-hybridized carbons (Fsp3) is 0.667. The molecule has 1 amide bonds. The number of carbonyl (C=O) groups is 1. The largest absolute Gasteiger partial charge is 0.353 e. The van der Waals surface area contributed by atoms with E-state index in [0.29, 0.717) is 30.2 Å². The van der Waals surface area contributed by atoms with Crippen molar-refractivity contribution in [1.82, 2.24) is 10.6 Å². The van der Waals surface area contributed by atoms with Gasteiger partial charge in [-0.15, -0.1) is 12.4 Å². The van der Waals surface area contributed by atoms with E-state index in [-0.39, 0.29) is 18.3 Å². The summed E-state index contributed by atoms with van der Waals surface area (Å²) in [6, 6.07) is 11.2. The molecular weight excluding hydrogens is 332 g/mol. The molecule has 1 saturated heterocycles. The number of hydrogen-bond donors (Lipinski definition) is 2. The van der Waals surface area contributed by atoms with E-state index >= 15 is 0 Å². The summed E-state index contributed by atoms with van der Waals surface area (Å²) in [6.45, 7) is 4.46. The van der Waals surface area contributed by atoms with E-state index in [0.717, 1.165) is 25.9 Å². The normalized spacial score (nSPS) is 27.8. The van der Waals surface area contributed by atoms with Crippen LogP contribution in [0.4, 0.5) is 0 Å². The lowest BCUT2D eigenvalue weighted by molar-refractivity contribution is -0.123. The fourth-order valence-corrected chi connectivity index (χ4v) is 4.41. The highest BCUT2D eigenvalue weighted by molar-refractivity contribution is 5.85. The zero-order valence-electron chi connectivity index (χ0n) is 15.4. The van der Waals surface area contributed by atoms with E-state index in [4.69, 9.17) is 0 Å². The third-order valence-electron chi connectivity index (χ3n) is 6.01. The molecule has 2 aliphatic rings. The monoisotopic (exact) mass is 364 g/mol. The second-order valence-electron chi connectivity index (χ2n) is 7.81. The van der Waals surface area contributed by atoms with Crippen LogP contribution in [0.15, 0.2) is 30.3 Å². The van der Waals surface area contributed by atoms with E-state index in [9.17, 15) is 4.79 Å². The molecule has 1 aromatic carbocycles. The molecule has 1 saturated carbocycles. The molecular formula is C21H33ClN2O. The topological polar surface area (TPSA) is 41.1 Å². The molecule has 1 aromatic rings. The molecule has 1 aliphatic heterocycles. The Labute approximate surface area is 158 Å². The lowest BCUT2D eigenvalue weighted by Crippen LogP contribution is -2.40. The number of piperidine rings is 1. The van der Waals surface area contributed by atoms with Crippen molar-refractivity contribution in [2.45, 2.75) is 63.8 Å². The number of nitrogens with one attached hydrogen (secondary N) is 2. The maximum Gasteiger partial charge on any atom is 0.220 e. The predicted octanol–water partition coefficient (Wildman–Crippen LogP) is 4.28. The van der Waals surface area contributed by atoms with Crippen molar-refractivity contribution in [3.8, 4) is 0 Å². The van der Waals surface area contributed by atoms with Gasteiger partial charge in [0.05, 0.1) is 0 Å². The summed E-state index contributed by atoms with van der Waals surface area (Å²) >= 11 is 0. The summed E-state index contributed by atoms with van der Waals surface area (Å²) in [7, 11) is 0. The van der Waals surface area contributed by atoms with Crippen molar-refractivity contribution in [1.29, 1.82) is 0 Å². The zero-order chi connectivity index (χ0) is 16.8. The fourth-order valence-electron chi connectivity index (χ4n) is 4.41. The molecule has 1 aliphatic carbocycles. The van der Waals surface area contributed by atoms with Crippen LogP contribution in [0.5, 0.6) is 0 Å². The molecule has 4 heteroatoms. The first-order chi connectivity index (χ1) is 11.7. The Bertz CT molecular complexity index is 508. The molecule has 2 atom stereocenters. The summed E-state index contributed by atoms with van der Waals surface area (Å²) < 4.78 is 0. The van der Waals surface area contributed by atoms with Gasteiger partial charge in [-0.3, -0.25) is 4.79 Å². The van der Waals surface area contributed by atoms with Crippen LogP contribution in [0, 0.1) is 11.8 Å². The quantitative estimate of drug-likeness (QED) is 0.818. The van der Waals surface area contributed by atoms with Crippen LogP contribution in [-0.2, 0) is 4.79 Å². The van der Waals surface area contributed by atoms with Gasteiger partial charge in [-0.1, -0.05) is 37.3 Å². The Hall–Kier alpha value is -1.06. The maximum absolute atomic E-state index is 12.4. The molecule has 0 aromatic heterocycles. The highest BCUT2D eigenvalue weighted by atomic mass is 35.5. The second kappa shape index (κ2) is 10.2. The first kappa shape index (κ1) is 20.3. The average Bonchev–Trinajstić information content (AvgIpc) is 2.64. The van der Waals surface area contributed by atoms with E-state index in [1.54, 1.807) is 0 Å². The molecule has 3 nitrogen and oxygen atoms in total. The summed E-state index contributed by atoms with van der Waals surface area (Å²) in [5, 5.41) is 6.76.